The highest BCUT2D eigenvalue weighted by molar-refractivity contribution is 5.52. The first-order valence-electron chi connectivity index (χ1n) is 7.10. The molecule has 3 rings (SSSR count). The molecule has 3 aromatic heterocycles. The third-order valence-electron chi connectivity index (χ3n) is 3.45. The van der Waals surface area contributed by atoms with Crippen molar-refractivity contribution in [3.63, 3.8) is 0 Å². The highest BCUT2D eigenvalue weighted by atomic mass is 16.5. The van der Waals surface area contributed by atoms with Gasteiger partial charge in [-0.05, 0) is 19.2 Å². The molecule has 0 spiro atoms. The van der Waals surface area contributed by atoms with Crippen LogP contribution in [0.15, 0.2) is 41.4 Å². The third-order valence-corrected chi connectivity index (χ3v) is 3.45. The largest absolute Gasteiger partial charge is 0.338 e. The Kier molecular flexibility index (Phi) is 4.24. The van der Waals surface area contributed by atoms with Gasteiger partial charge in [-0.15, -0.1) is 0 Å². The van der Waals surface area contributed by atoms with Gasteiger partial charge in [0.1, 0.15) is 5.82 Å². The molecule has 0 bridgehead atoms. The summed E-state index contributed by atoms with van der Waals surface area (Å²) in [6.07, 6.45) is 8.07. The van der Waals surface area contributed by atoms with Crippen molar-refractivity contribution >= 4 is 0 Å². The van der Waals surface area contributed by atoms with Crippen LogP contribution >= 0.6 is 0 Å². The lowest BCUT2D eigenvalue weighted by Crippen LogP contribution is -2.22. The molecule has 3 aromatic rings. The van der Waals surface area contributed by atoms with E-state index in [-0.39, 0.29) is 0 Å². The molecule has 0 radical (unpaired) electrons. The van der Waals surface area contributed by atoms with Gasteiger partial charge in [0.15, 0.2) is 0 Å². The van der Waals surface area contributed by atoms with Crippen LogP contribution in [-0.4, -0.2) is 43.2 Å². The fourth-order valence-corrected chi connectivity index (χ4v) is 2.18. The summed E-state index contributed by atoms with van der Waals surface area (Å²) in [5, 5.41) is 4.01. The molecule has 0 fully saturated rings. The van der Waals surface area contributed by atoms with E-state index < -0.39 is 0 Å². The van der Waals surface area contributed by atoms with Crippen molar-refractivity contribution in [3.05, 3.63) is 48.6 Å². The monoisotopic (exact) mass is 298 g/mol. The quantitative estimate of drug-likeness (QED) is 0.687. The first-order chi connectivity index (χ1) is 10.7. The fraction of sp³-hybridized carbons (Fsp3) is 0.333. The molecule has 3 heterocycles. The molecule has 0 aromatic carbocycles. The van der Waals surface area contributed by atoms with E-state index in [1.165, 1.54) is 0 Å². The Balaban J connectivity index is 1.57. The van der Waals surface area contributed by atoms with Crippen molar-refractivity contribution in [1.29, 1.82) is 0 Å². The molecule has 0 atom stereocenters. The van der Waals surface area contributed by atoms with Crippen molar-refractivity contribution in [1.82, 2.24) is 29.6 Å². The lowest BCUT2D eigenvalue weighted by Gasteiger charge is -2.13. The SMILES string of the molecule is CN(CCc1nccn1C)Cc1nc(-c2ccncc2)no1. The second-order valence-electron chi connectivity index (χ2n) is 5.19. The number of likely N-dealkylation sites (N-methyl/N-ethyl adjacent to an activating group) is 1. The molecule has 0 saturated heterocycles. The molecule has 7 heteroatoms. The van der Waals surface area contributed by atoms with Crippen molar-refractivity contribution in [2.75, 3.05) is 13.6 Å². The summed E-state index contributed by atoms with van der Waals surface area (Å²) in [6, 6.07) is 3.72. The summed E-state index contributed by atoms with van der Waals surface area (Å²) in [7, 11) is 4.03. The zero-order chi connectivity index (χ0) is 15.4. The van der Waals surface area contributed by atoms with E-state index >= 15 is 0 Å². The second-order valence-corrected chi connectivity index (χ2v) is 5.19. The van der Waals surface area contributed by atoms with E-state index in [0.29, 0.717) is 18.3 Å². The number of hydrogen-bond acceptors (Lipinski definition) is 6. The van der Waals surface area contributed by atoms with Crippen LogP contribution in [0.5, 0.6) is 0 Å². The Bertz CT molecular complexity index is 720. The highest BCUT2D eigenvalue weighted by Crippen LogP contribution is 2.14. The number of aryl methyl sites for hydroxylation is 1. The van der Waals surface area contributed by atoms with Crippen molar-refractivity contribution in [3.8, 4) is 11.4 Å². The molecule has 0 aliphatic carbocycles. The van der Waals surface area contributed by atoms with Crippen molar-refractivity contribution in [2.45, 2.75) is 13.0 Å². The van der Waals surface area contributed by atoms with Crippen LogP contribution in [0.1, 0.15) is 11.7 Å². The van der Waals surface area contributed by atoms with Gasteiger partial charge in [0.2, 0.25) is 11.7 Å². The maximum atomic E-state index is 5.31. The summed E-state index contributed by atoms with van der Waals surface area (Å²) in [5.74, 6) is 2.26. The van der Waals surface area contributed by atoms with Gasteiger partial charge in [0.25, 0.3) is 0 Å². The minimum Gasteiger partial charge on any atom is -0.338 e. The third kappa shape index (κ3) is 3.37. The van der Waals surface area contributed by atoms with Gasteiger partial charge >= 0.3 is 0 Å². The summed E-state index contributed by atoms with van der Waals surface area (Å²) in [4.78, 5) is 14.8. The Morgan fingerprint density at radius 2 is 2.05 bits per heavy atom. The van der Waals surface area contributed by atoms with Gasteiger partial charge in [-0.2, -0.15) is 4.98 Å². The molecule has 0 saturated carbocycles. The smallest absolute Gasteiger partial charge is 0.241 e. The summed E-state index contributed by atoms with van der Waals surface area (Å²) in [6.45, 7) is 1.49. The lowest BCUT2D eigenvalue weighted by atomic mass is 10.2. The molecule has 7 nitrogen and oxygen atoms in total. The predicted molar refractivity (Wildman–Crippen MR) is 80.8 cm³/mol. The standard InChI is InChI=1S/C15H18N6O/c1-20(9-5-13-17-8-10-21(13)2)11-14-18-15(19-22-14)12-3-6-16-7-4-12/h3-4,6-8,10H,5,9,11H2,1-2H3. The number of rotatable bonds is 6. The van der Waals surface area contributed by atoms with Gasteiger partial charge in [-0.3, -0.25) is 9.88 Å². The van der Waals surface area contributed by atoms with Crippen molar-refractivity contribution in [2.24, 2.45) is 7.05 Å². The Hall–Kier alpha value is -2.54. The van der Waals surface area contributed by atoms with Gasteiger partial charge < -0.3 is 9.09 Å². The number of pyridine rings is 1. The van der Waals surface area contributed by atoms with Crippen LogP contribution in [0.25, 0.3) is 11.4 Å². The average molecular weight is 298 g/mol. The van der Waals surface area contributed by atoms with Gasteiger partial charge in [0.05, 0.1) is 6.54 Å². The lowest BCUT2D eigenvalue weighted by molar-refractivity contribution is 0.267. The van der Waals surface area contributed by atoms with Crippen LogP contribution in [0.4, 0.5) is 0 Å². The van der Waals surface area contributed by atoms with Crippen molar-refractivity contribution < 1.29 is 4.52 Å². The zero-order valence-corrected chi connectivity index (χ0v) is 12.7. The van der Waals surface area contributed by atoms with E-state index in [1.807, 2.05) is 43.2 Å². The Labute approximate surface area is 128 Å². The average Bonchev–Trinajstić information content (AvgIpc) is 3.15. The van der Waals surface area contributed by atoms with Crippen LogP contribution in [0.2, 0.25) is 0 Å². The molecule has 114 valence electrons. The molecule has 0 aliphatic rings. The summed E-state index contributed by atoms with van der Waals surface area (Å²) < 4.78 is 7.34. The van der Waals surface area contributed by atoms with E-state index in [2.05, 4.69) is 25.0 Å². The first-order valence-corrected chi connectivity index (χ1v) is 7.10. The second kappa shape index (κ2) is 6.48. The van der Waals surface area contributed by atoms with Gasteiger partial charge in [-0.1, -0.05) is 5.16 Å². The number of imidazole rings is 1. The summed E-state index contributed by atoms with van der Waals surface area (Å²) in [5.41, 5.74) is 0.903. The molecule has 0 unspecified atom stereocenters. The highest BCUT2D eigenvalue weighted by Gasteiger charge is 2.11. The first kappa shape index (κ1) is 14.4. The maximum absolute atomic E-state index is 5.31. The topological polar surface area (TPSA) is 72.9 Å². The molecule has 0 N–H and O–H groups in total. The van der Waals surface area contributed by atoms with E-state index in [1.54, 1.807) is 12.4 Å². The van der Waals surface area contributed by atoms with Crippen LogP contribution in [-0.2, 0) is 20.0 Å². The van der Waals surface area contributed by atoms with Crippen LogP contribution in [0.3, 0.4) is 0 Å². The Morgan fingerprint density at radius 3 is 2.77 bits per heavy atom. The fourth-order valence-electron chi connectivity index (χ4n) is 2.18. The maximum Gasteiger partial charge on any atom is 0.241 e. The minimum atomic E-state index is 0.593. The number of hydrogen-bond donors (Lipinski definition) is 0. The molecule has 22 heavy (non-hydrogen) atoms. The van der Waals surface area contributed by atoms with Crippen LogP contribution < -0.4 is 0 Å². The van der Waals surface area contributed by atoms with E-state index in [4.69, 9.17) is 4.52 Å². The minimum absolute atomic E-state index is 0.593. The number of nitrogens with zero attached hydrogens (tertiary/aromatic N) is 6. The molecule has 0 aliphatic heterocycles. The predicted octanol–water partition coefficient (Wildman–Crippen LogP) is 1.54. The normalized spacial score (nSPS) is 11.2. The zero-order valence-electron chi connectivity index (χ0n) is 12.7. The molecular weight excluding hydrogens is 280 g/mol. The molecule has 0 amide bonds. The number of aromatic nitrogens is 5. The van der Waals surface area contributed by atoms with E-state index in [0.717, 1.165) is 24.4 Å². The molecular formula is C15H18N6O. The Morgan fingerprint density at radius 1 is 1.23 bits per heavy atom. The van der Waals surface area contributed by atoms with Gasteiger partial charge in [-0.25, -0.2) is 4.98 Å². The van der Waals surface area contributed by atoms with E-state index in [9.17, 15) is 0 Å². The van der Waals surface area contributed by atoms with Crippen LogP contribution in [0, 0.1) is 0 Å². The van der Waals surface area contributed by atoms with Gasteiger partial charge in [0, 0.05) is 50.4 Å². The summed E-state index contributed by atoms with van der Waals surface area (Å²) >= 11 is 0.